The molecule has 0 fully saturated rings. The normalized spacial score (nSPS) is 12.6. The molecule has 0 unspecified atom stereocenters. The lowest BCUT2D eigenvalue weighted by Gasteiger charge is -2.20. The quantitative estimate of drug-likeness (QED) is 0.428. The molecule has 0 saturated heterocycles. The zero-order valence-corrected chi connectivity index (χ0v) is 14.3. The van der Waals surface area contributed by atoms with Gasteiger partial charge in [-0.15, -0.1) is 0 Å². The number of nitro groups is 2. The van der Waals surface area contributed by atoms with Gasteiger partial charge in [0.15, 0.2) is 6.79 Å². The fraction of sp³-hybridized carbons (Fsp3) is 0.188. The topological polar surface area (TPSA) is 131 Å². The van der Waals surface area contributed by atoms with Crippen molar-refractivity contribution in [2.75, 3.05) is 6.79 Å². The van der Waals surface area contributed by atoms with E-state index < -0.39 is 15.8 Å². The van der Waals surface area contributed by atoms with Crippen LogP contribution in [0.15, 0.2) is 30.3 Å². The third-order valence-electron chi connectivity index (χ3n) is 3.72. The number of ether oxygens (including phenoxy) is 3. The number of nitrogens with zero attached hydrogens (tertiary/aromatic N) is 2. The van der Waals surface area contributed by atoms with Crippen LogP contribution in [-0.4, -0.2) is 22.6 Å². The molecule has 0 amide bonds. The van der Waals surface area contributed by atoms with Gasteiger partial charge in [-0.1, -0.05) is 11.6 Å². The Morgan fingerprint density at radius 3 is 2.56 bits per heavy atom. The van der Waals surface area contributed by atoms with E-state index in [-0.39, 0.29) is 42.0 Å². The summed E-state index contributed by atoms with van der Waals surface area (Å²) in [7, 11) is 0. The van der Waals surface area contributed by atoms with Crippen LogP contribution in [0.1, 0.15) is 21.5 Å². The Morgan fingerprint density at radius 1 is 1.15 bits per heavy atom. The second-order valence-corrected chi connectivity index (χ2v) is 5.87. The molecule has 27 heavy (non-hydrogen) atoms. The van der Waals surface area contributed by atoms with Gasteiger partial charge in [-0.25, -0.2) is 4.79 Å². The first-order chi connectivity index (χ1) is 12.9. The summed E-state index contributed by atoms with van der Waals surface area (Å²) in [6.45, 7) is -0.206. The van der Waals surface area contributed by atoms with Gasteiger partial charge in [0.25, 0.3) is 11.4 Å². The molecular formula is C16H11ClN2O8. The largest absolute Gasteiger partial charge is 0.467 e. The second-order valence-electron chi connectivity index (χ2n) is 5.46. The lowest BCUT2D eigenvalue weighted by atomic mass is 10.1. The van der Waals surface area contributed by atoms with Gasteiger partial charge in [0.05, 0.1) is 27.0 Å². The average Bonchev–Trinajstić information content (AvgIpc) is 2.65. The highest BCUT2D eigenvalue weighted by atomic mass is 35.5. The highest BCUT2D eigenvalue weighted by molar-refractivity contribution is 6.33. The van der Waals surface area contributed by atoms with E-state index in [2.05, 4.69) is 0 Å². The van der Waals surface area contributed by atoms with Crippen LogP contribution in [0.5, 0.6) is 5.75 Å². The molecule has 2 aromatic carbocycles. The number of rotatable bonds is 5. The van der Waals surface area contributed by atoms with E-state index in [0.29, 0.717) is 16.9 Å². The molecule has 1 aliphatic heterocycles. The van der Waals surface area contributed by atoms with Gasteiger partial charge in [0.2, 0.25) is 0 Å². The van der Waals surface area contributed by atoms with E-state index in [4.69, 9.17) is 25.8 Å². The maximum absolute atomic E-state index is 12.2. The van der Waals surface area contributed by atoms with Crippen molar-refractivity contribution in [3.05, 3.63) is 72.3 Å². The molecule has 0 aromatic heterocycles. The van der Waals surface area contributed by atoms with Crippen molar-refractivity contribution in [3.8, 4) is 5.75 Å². The minimum absolute atomic E-state index is 0.0278. The molecule has 0 N–H and O–H groups in total. The Balaban J connectivity index is 1.82. The van der Waals surface area contributed by atoms with Crippen molar-refractivity contribution < 1.29 is 28.9 Å². The smallest absolute Gasteiger partial charge is 0.339 e. The number of fused-ring (bicyclic) bond motifs is 1. The number of halogens is 1. The van der Waals surface area contributed by atoms with Crippen LogP contribution in [-0.2, 0) is 22.7 Å². The second kappa shape index (κ2) is 7.56. The SMILES string of the molecule is O=C(OCc1cc([N+](=O)[O-])cc2c1OCOC2)c1ccc([N+](=O)[O-])cc1Cl. The molecule has 11 heteroatoms. The number of esters is 1. The first-order valence-corrected chi connectivity index (χ1v) is 7.86. The van der Waals surface area contributed by atoms with E-state index in [1.807, 2.05) is 0 Å². The first kappa shape index (κ1) is 18.5. The summed E-state index contributed by atoms with van der Waals surface area (Å²) in [6.07, 6.45) is 0. The molecule has 10 nitrogen and oxygen atoms in total. The van der Waals surface area contributed by atoms with Crippen LogP contribution >= 0.6 is 11.6 Å². The lowest BCUT2D eigenvalue weighted by Crippen LogP contribution is -2.15. The molecule has 1 aliphatic rings. The van der Waals surface area contributed by atoms with Gasteiger partial charge in [0.1, 0.15) is 12.4 Å². The van der Waals surface area contributed by atoms with Crippen LogP contribution in [0.2, 0.25) is 5.02 Å². The zero-order chi connectivity index (χ0) is 19.6. The van der Waals surface area contributed by atoms with E-state index in [0.717, 1.165) is 12.1 Å². The van der Waals surface area contributed by atoms with E-state index in [1.54, 1.807) is 0 Å². The van der Waals surface area contributed by atoms with Crippen LogP contribution in [0.4, 0.5) is 11.4 Å². The minimum atomic E-state index is -0.831. The highest BCUT2D eigenvalue weighted by Crippen LogP contribution is 2.33. The number of hydrogen-bond acceptors (Lipinski definition) is 8. The fourth-order valence-corrected chi connectivity index (χ4v) is 2.75. The van der Waals surface area contributed by atoms with Crippen molar-refractivity contribution in [3.63, 3.8) is 0 Å². The van der Waals surface area contributed by atoms with Gasteiger partial charge in [-0.2, -0.15) is 0 Å². The first-order valence-electron chi connectivity index (χ1n) is 7.48. The van der Waals surface area contributed by atoms with Gasteiger partial charge in [0, 0.05) is 35.4 Å². The third kappa shape index (κ3) is 3.96. The predicted octanol–water partition coefficient (Wildman–Crippen LogP) is 3.38. The van der Waals surface area contributed by atoms with Crippen molar-refractivity contribution in [2.24, 2.45) is 0 Å². The minimum Gasteiger partial charge on any atom is -0.467 e. The molecule has 3 rings (SSSR count). The van der Waals surface area contributed by atoms with Crippen LogP contribution in [0, 0.1) is 20.2 Å². The summed E-state index contributed by atoms with van der Waals surface area (Å²) in [6, 6.07) is 5.91. The maximum atomic E-state index is 12.2. The van der Waals surface area contributed by atoms with Crippen molar-refractivity contribution in [1.29, 1.82) is 0 Å². The zero-order valence-electron chi connectivity index (χ0n) is 13.5. The predicted molar refractivity (Wildman–Crippen MR) is 90.6 cm³/mol. The number of nitro benzene ring substituents is 2. The molecule has 0 aliphatic carbocycles. The number of hydrogen-bond donors (Lipinski definition) is 0. The summed E-state index contributed by atoms with van der Waals surface area (Å²) >= 11 is 5.90. The van der Waals surface area contributed by atoms with E-state index in [9.17, 15) is 25.0 Å². The van der Waals surface area contributed by atoms with E-state index in [1.165, 1.54) is 18.2 Å². The van der Waals surface area contributed by atoms with Crippen molar-refractivity contribution in [1.82, 2.24) is 0 Å². The molecule has 0 radical (unpaired) electrons. The van der Waals surface area contributed by atoms with Gasteiger partial charge < -0.3 is 14.2 Å². The van der Waals surface area contributed by atoms with Crippen molar-refractivity contribution in [2.45, 2.75) is 13.2 Å². The number of non-ortho nitro benzene ring substituents is 2. The molecule has 2 aromatic rings. The Kier molecular flexibility index (Phi) is 5.19. The Labute approximate surface area is 156 Å². The van der Waals surface area contributed by atoms with Gasteiger partial charge in [-0.05, 0) is 6.07 Å². The molecule has 0 bridgehead atoms. The molecule has 0 atom stereocenters. The Hall–Kier alpha value is -3.24. The Morgan fingerprint density at radius 2 is 1.89 bits per heavy atom. The Bertz CT molecular complexity index is 946. The standard InChI is InChI=1S/C16H11ClN2O8/c17-14-5-11(18(21)22)1-2-13(14)16(20)26-7-10-4-12(19(23)24)3-9-6-25-8-27-15(9)10/h1-5H,6-8H2. The number of carbonyl (C=O) groups is 1. The maximum Gasteiger partial charge on any atom is 0.339 e. The summed E-state index contributed by atoms with van der Waals surface area (Å²) in [4.78, 5) is 32.8. The number of benzene rings is 2. The molecule has 0 spiro atoms. The lowest BCUT2D eigenvalue weighted by molar-refractivity contribution is -0.385. The molecule has 0 saturated carbocycles. The van der Waals surface area contributed by atoms with Gasteiger partial charge >= 0.3 is 5.97 Å². The fourth-order valence-electron chi connectivity index (χ4n) is 2.50. The summed E-state index contributed by atoms with van der Waals surface area (Å²) in [5, 5.41) is 21.7. The average molecular weight is 395 g/mol. The van der Waals surface area contributed by atoms with Crippen LogP contribution in [0.25, 0.3) is 0 Å². The monoisotopic (exact) mass is 394 g/mol. The summed E-state index contributed by atoms with van der Waals surface area (Å²) in [5.41, 5.74) is 0.245. The number of carbonyl (C=O) groups excluding carboxylic acids is 1. The van der Waals surface area contributed by atoms with Gasteiger partial charge in [-0.3, -0.25) is 20.2 Å². The molecular weight excluding hydrogens is 384 g/mol. The van der Waals surface area contributed by atoms with Crippen LogP contribution in [0.3, 0.4) is 0 Å². The van der Waals surface area contributed by atoms with Crippen LogP contribution < -0.4 is 4.74 Å². The van der Waals surface area contributed by atoms with E-state index >= 15 is 0 Å². The summed E-state index contributed by atoms with van der Waals surface area (Å²) < 4.78 is 15.6. The molecule has 1 heterocycles. The van der Waals surface area contributed by atoms with Crippen molar-refractivity contribution >= 4 is 28.9 Å². The summed E-state index contributed by atoms with van der Waals surface area (Å²) in [5.74, 6) is -0.475. The highest BCUT2D eigenvalue weighted by Gasteiger charge is 2.23. The third-order valence-corrected chi connectivity index (χ3v) is 4.04. The molecule has 140 valence electrons.